The van der Waals surface area contributed by atoms with Crippen molar-refractivity contribution >= 4 is 33.2 Å². The first kappa shape index (κ1) is 26.6. The maximum Gasteiger partial charge on any atom is 0.250 e. The topological polar surface area (TPSA) is 119 Å². The molecule has 1 aliphatic carbocycles. The number of nitrogens with zero attached hydrogens (tertiary/aromatic N) is 2. The Morgan fingerprint density at radius 3 is 2.41 bits per heavy atom. The predicted octanol–water partition coefficient (Wildman–Crippen LogP) is 2.96. The third-order valence-electron chi connectivity index (χ3n) is 7.43. The molecule has 1 saturated heterocycles. The summed E-state index contributed by atoms with van der Waals surface area (Å²) in [5, 5.41) is 12.1. The lowest BCUT2D eigenvalue weighted by molar-refractivity contribution is -0.143. The van der Waals surface area contributed by atoms with Crippen LogP contribution in [0.15, 0.2) is 10.3 Å². The Bertz CT molecular complexity index is 1110. The molecule has 1 aliphatic heterocycles. The summed E-state index contributed by atoms with van der Waals surface area (Å²) in [6.07, 6.45) is 0.463. The molecule has 2 N–H and O–H groups in total. The molecular formula is C24H36N4O4S2. The van der Waals surface area contributed by atoms with Gasteiger partial charge < -0.3 is 10.2 Å². The minimum atomic E-state index is -3.93. The lowest BCUT2D eigenvalue weighted by Gasteiger charge is -2.37. The molecule has 2 aliphatic rings. The molecule has 8 nitrogen and oxygen atoms in total. The minimum absolute atomic E-state index is 0.0209. The van der Waals surface area contributed by atoms with Gasteiger partial charge in [0.25, 0.3) is 10.0 Å². The Kier molecular flexibility index (Phi) is 6.99. The monoisotopic (exact) mass is 508 g/mol. The van der Waals surface area contributed by atoms with Crippen LogP contribution in [-0.4, -0.2) is 49.8 Å². The maximum atomic E-state index is 13.8. The SMILES string of the molecule is CC[C@@H](C#N)NC(=O)[C@@H]1[C@@H]2[C@H](CN1C(=O)[C@@H](NS(=O)(=O)c1cc(C)c(C)s1)C(C)(C)C)C2(C)C. The van der Waals surface area contributed by atoms with Gasteiger partial charge in [-0.05, 0) is 54.6 Å². The summed E-state index contributed by atoms with van der Waals surface area (Å²) in [7, 11) is -3.93. The van der Waals surface area contributed by atoms with Gasteiger partial charge in [-0.15, -0.1) is 11.3 Å². The number of likely N-dealkylation sites (tertiary alicyclic amines) is 1. The first-order valence-corrected chi connectivity index (χ1v) is 14.0. The fourth-order valence-corrected chi connectivity index (χ4v) is 7.87. The van der Waals surface area contributed by atoms with Crippen molar-refractivity contribution in [2.24, 2.45) is 22.7 Å². The van der Waals surface area contributed by atoms with Gasteiger partial charge in [0.05, 0.1) is 6.07 Å². The number of amides is 2. The molecule has 0 aromatic carbocycles. The zero-order valence-corrected chi connectivity index (χ0v) is 22.9. The number of hydrogen-bond acceptors (Lipinski definition) is 6. The van der Waals surface area contributed by atoms with Crippen LogP contribution in [0, 0.1) is 47.8 Å². The van der Waals surface area contributed by atoms with E-state index in [1.807, 2.05) is 41.5 Å². The Morgan fingerprint density at radius 1 is 1.32 bits per heavy atom. The van der Waals surface area contributed by atoms with E-state index in [1.54, 1.807) is 6.07 Å². The number of carbonyl (C=O) groups is 2. The summed E-state index contributed by atoms with van der Waals surface area (Å²) in [5.74, 6) is -0.615. The molecular weight excluding hydrogens is 472 g/mol. The van der Waals surface area contributed by atoms with Crippen LogP contribution in [0.4, 0.5) is 0 Å². The number of thiophene rings is 1. The van der Waals surface area contributed by atoms with E-state index in [0.29, 0.717) is 13.0 Å². The number of piperidine rings is 1. The van der Waals surface area contributed by atoms with Crippen molar-refractivity contribution in [2.45, 2.75) is 84.1 Å². The van der Waals surface area contributed by atoms with Crippen molar-refractivity contribution in [3.8, 4) is 6.07 Å². The van der Waals surface area contributed by atoms with Crippen molar-refractivity contribution < 1.29 is 18.0 Å². The number of rotatable bonds is 7. The predicted molar refractivity (Wildman–Crippen MR) is 131 cm³/mol. The number of nitrogens with one attached hydrogen (secondary N) is 2. The first-order chi connectivity index (χ1) is 15.6. The molecule has 1 aromatic rings. The second-order valence-electron chi connectivity index (χ2n) is 11.2. The van der Waals surface area contributed by atoms with E-state index in [-0.39, 0.29) is 27.4 Å². The van der Waals surface area contributed by atoms with Gasteiger partial charge in [0.1, 0.15) is 22.3 Å². The van der Waals surface area contributed by atoms with E-state index >= 15 is 0 Å². The molecule has 0 unspecified atom stereocenters. The van der Waals surface area contributed by atoms with Crippen molar-refractivity contribution in [1.82, 2.24) is 14.9 Å². The lowest BCUT2D eigenvalue weighted by Crippen LogP contribution is -2.59. The van der Waals surface area contributed by atoms with Gasteiger partial charge in [-0.25, -0.2) is 8.42 Å². The minimum Gasteiger partial charge on any atom is -0.339 e. The average molecular weight is 509 g/mol. The maximum absolute atomic E-state index is 13.8. The van der Waals surface area contributed by atoms with Gasteiger partial charge in [0.2, 0.25) is 11.8 Å². The molecule has 1 aromatic heterocycles. The molecule has 188 valence electrons. The second kappa shape index (κ2) is 8.92. The van der Waals surface area contributed by atoms with Crippen LogP contribution in [-0.2, 0) is 19.6 Å². The summed E-state index contributed by atoms with van der Waals surface area (Å²) >= 11 is 1.17. The number of aryl methyl sites for hydroxylation is 2. The van der Waals surface area contributed by atoms with E-state index < -0.39 is 39.5 Å². The summed E-state index contributed by atoms with van der Waals surface area (Å²) < 4.78 is 29.2. The highest BCUT2D eigenvalue weighted by Gasteiger charge is 2.69. The summed E-state index contributed by atoms with van der Waals surface area (Å²) in [6, 6.07) is 1.28. The summed E-state index contributed by atoms with van der Waals surface area (Å²) in [4.78, 5) is 29.5. The third kappa shape index (κ3) is 4.75. The third-order valence-corrected chi connectivity index (χ3v) is 10.5. The van der Waals surface area contributed by atoms with Crippen LogP contribution in [0.2, 0.25) is 0 Å². The highest BCUT2D eigenvalue weighted by atomic mass is 32.2. The molecule has 0 radical (unpaired) electrons. The Hall–Kier alpha value is -1.96. The number of sulfonamides is 1. The molecule has 1 saturated carbocycles. The number of fused-ring (bicyclic) bond motifs is 1. The van der Waals surface area contributed by atoms with E-state index in [4.69, 9.17) is 0 Å². The Labute approximate surface area is 207 Å². The summed E-state index contributed by atoms with van der Waals surface area (Å²) in [6.45, 7) is 15.5. The average Bonchev–Trinajstić information content (AvgIpc) is 3.07. The Balaban J connectivity index is 1.91. The largest absolute Gasteiger partial charge is 0.339 e. The van der Waals surface area contributed by atoms with E-state index in [9.17, 15) is 23.3 Å². The second-order valence-corrected chi connectivity index (χ2v) is 14.4. The van der Waals surface area contributed by atoms with Crippen LogP contribution in [0.3, 0.4) is 0 Å². The van der Waals surface area contributed by atoms with Gasteiger partial charge in [-0.3, -0.25) is 9.59 Å². The zero-order valence-electron chi connectivity index (χ0n) is 21.2. The number of hydrogen-bond donors (Lipinski definition) is 2. The molecule has 2 fully saturated rings. The molecule has 10 heteroatoms. The van der Waals surface area contributed by atoms with Crippen molar-refractivity contribution in [3.05, 3.63) is 16.5 Å². The number of carbonyl (C=O) groups excluding carboxylic acids is 2. The quantitative estimate of drug-likeness (QED) is 0.587. The van der Waals surface area contributed by atoms with Gasteiger partial charge in [0, 0.05) is 11.4 Å². The normalized spacial score (nSPS) is 25.3. The molecule has 3 rings (SSSR count). The highest BCUT2D eigenvalue weighted by Crippen LogP contribution is 2.65. The van der Waals surface area contributed by atoms with Gasteiger partial charge in [0.15, 0.2) is 0 Å². The number of nitriles is 1. The highest BCUT2D eigenvalue weighted by molar-refractivity contribution is 7.91. The molecule has 0 bridgehead atoms. The molecule has 2 heterocycles. The van der Waals surface area contributed by atoms with Crippen LogP contribution >= 0.6 is 11.3 Å². The van der Waals surface area contributed by atoms with Crippen LogP contribution in [0.25, 0.3) is 0 Å². The van der Waals surface area contributed by atoms with Crippen LogP contribution in [0.1, 0.15) is 58.4 Å². The first-order valence-electron chi connectivity index (χ1n) is 11.7. The van der Waals surface area contributed by atoms with E-state index in [2.05, 4.69) is 30.0 Å². The smallest absolute Gasteiger partial charge is 0.250 e. The summed E-state index contributed by atoms with van der Waals surface area (Å²) in [5.41, 5.74) is 0.0640. The van der Waals surface area contributed by atoms with Crippen LogP contribution < -0.4 is 10.0 Å². The van der Waals surface area contributed by atoms with E-state index in [1.165, 1.54) is 16.2 Å². The van der Waals surface area contributed by atoms with E-state index in [0.717, 1.165) is 10.4 Å². The zero-order chi connectivity index (χ0) is 25.8. The van der Waals surface area contributed by atoms with Crippen LogP contribution in [0.5, 0.6) is 0 Å². The standard InChI is InChI=1S/C24H36N4O4S2/c1-9-15(11-25)26-21(29)19-18-16(24(18,7)8)12-28(19)22(30)20(23(4,5)6)27-34(31,32)17-10-13(2)14(3)33-17/h10,15-16,18-20,27H,9,12H2,1-8H3,(H,26,29)/t15-,16-,18-,19-,20+/m0/s1. The lowest BCUT2D eigenvalue weighted by atomic mass is 9.86. The fourth-order valence-electron chi connectivity index (χ4n) is 4.94. The van der Waals surface area contributed by atoms with Gasteiger partial charge in [-0.1, -0.05) is 41.5 Å². The molecule has 5 atom stereocenters. The molecule has 2 amide bonds. The molecule has 0 spiro atoms. The van der Waals surface area contributed by atoms with Gasteiger partial charge in [-0.2, -0.15) is 9.98 Å². The molecule has 34 heavy (non-hydrogen) atoms. The van der Waals surface area contributed by atoms with Crippen molar-refractivity contribution in [3.63, 3.8) is 0 Å². The van der Waals surface area contributed by atoms with Crippen molar-refractivity contribution in [2.75, 3.05) is 6.54 Å². The van der Waals surface area contributed by atoms with Crippen molar-refractivity contribution in [1.29, 1.82) is 5.26 Å². The Morgan fingerprint density at radius 2 is 1.94 bits per heavy atom. The fraction of sp³-hybridized carbons (Fsp3) is 0.708. The van der Waals surface area contributed by atoms with Gasteiger partial charge >= 0.3 is 0 Å².